The smallest absolute Gasteiger partial charge is 0.254 e. The summed E-state index contributed by atoms with van der Waals surface area (Å²) in [7, 11) is 2.19. The first-order valence-corrected chi connectivity index (χ1v) is 9.27. The van der Waals surface area contributed by atoms with E-state index in [1.54, 1.807) is 0 Å². The minimum absolute atomic E-state index is 0.172. The zero-order valence-electron chi connectivity index (χ0n) is 15.1. The highest BCUT2D eigenvalue weighted by Gasteiger charge is 2.38. The Bertz CT molecular complexity index is 751. The SMILES string of the molecule is Cc1ccn(-c2ccc(C(=O)N3CCC[C@H]3[C@H]3CCCN3C)cc2)n1. The van der Waals surface area contributed by atoms with E-state index in [4.69, 9.17) is 0 Å². The molecule has 0 unspecified atom stereocenters. The van der Waals surface area contributed by atoms with Crippen molar-refractivity contribution in [3.63, 3.8) is 0 Å². The average molecular weight is 338 g/mol. The molecule has 5 heteroatoms. The largest absolute Gasteiger partial charge is 0.334 e. The van der Waals surface area contributed by atoms with Gasteiger partial charge in [0.05, 0.1) is 11.4 Å². The van der Waals surface area contributed by atoms with E-state index in [-0.39, 0.29) is 5.91 Å². The maximum atomic E-state index is 13.1. The van der Waals surface area contributed by atoms with Crippen molar-refractivity contribution in [1.29, 1.82) is 0 Å². The van der Waals surface area contributed by atoms with Gasteiger partial charge in [0, 0.05) is 30.4 Å². The second-order valence-electron chi connectivity index (χ2n) is 7.35. The molecule has 2 saturated heterocycles. The number of carbonyl (C=O) groups excluding carboxylic acids is 1. The molecule has 0 radical (unpaired) electrons. The predicted molar refractivity (Wildman–Crippen MR) is 98.0 cm³/mol. The van der Waals surface area contributed by atoms with Gasteiger partial charge in [0.15, 0.2) is 0 Å². The lowest BCUT2D eigenvalue weighted by atomic mass is 10.0. The highest BCUT2D eigenvalue weighted by atomic mass is 16.2. The Morgan fingerprint density at radius 2 is 1.76 bits per heavy atom. The Kier molecular flexibility index (Phi) is 4.34. The summed E-state index contributed by atoms with van der Waals surface area (Å²) in [5, 5.41) is 4.42. The average Bonchev–Trinajstić information content (AvgIpc) is 3.35. The van der Waals surface area contributed by atoms with Gasteiger partial charge in [-0.3, -0.25) is 4.79 Å². The van der Waals surface area contributed by atoms with Gasteiger partial charge in [-0.15, -0.1) is 0 Å². The van der Waals surface area contributed by atoms with Crippen LogP contribution < -0.4 is 0 Å². The maximum absolute atomic E-state index is 13.1. The third-order valence-corrected chi connectivity index (χ3v) is 5.68. The van der Waals surface area contributed by atoms with Gasteiger partial charge in [0.1, 0.15) is 0 Å². The third kappa shape index (κ3) is 3.09. The molecular formula is C20H26N4O. The van der Waals surface area contributed by atoms with Crippen LogP contribution in [0.25, 0.3) is 5.69 Å². The van der Waals surface area contributed by atoms with Crippen molar-refractivity contribution >= 4 is 5.91 Å². The zero-order chi connectivity index (χ0) is 17.4. The molecule has 0 N–H and O–H groups in total. The number of aryl methyl sites for hydroxylation is 1. The summed E-state index contributed by atoms with van der Waals surface area (Å²) in [6, 6.07) is 10.7. The molecule has 4 rings (SSSR count). The van der Waals surface area contributed by atoms with Gasteiger partial charge in [-0.2, -0.15) is 5.10 Å². The normalized spacial score (nSPS) is 24.2. The number of aromatic nitrogens is 2. The van der Waals surface area contributed by atoms with E-state index in [1.165, 1.54) is 12.8 Å². The number of amides is 1. The summed E-state index contributed by atoms with van der Waals surface area (Å²) in [6.45, 7) is 4.01. The van der Waals surface area contributed by atoms with Crippen molar-refractivity contribution < 1.29 is 4.79 Å². The van der Waals surface area contributed by atoms with Crippen molar-refractivity contribution in [2.45, 2.75) is 44.7 Å². The first-order chi connectivity index (χ1) is 12.1. The highest BCUT2D eigenvalue weighted by molar-refractivity contribution is 5.94. The number of nitrogens with zero attached hydrogens (tertiary/aromatic N) is 4. The Hall–Kier alpha value is -2.14. The molecule has 5 nitrogen and oxygen atoms in total. The van der Waals surface area contributed by atoms with Crippen LogP contribution in [0.4, 0.5) is 0 Å². The van der Waals surface area contributed by atoms with Crippen molar-refractivity contribution in [1.82, 2.24) is 19.6 Å². The first kappa shape index (κ1) is 16.3. The molecule has 3 heterocycles. The summed E-state index contributed by atoms with van der Waals surface area (Å²) in [5.74, 6) is 0.172. The summed E-state index contributed by atoms with van der Waals surface area (Å²) < 4.78 is 1.84. The van der Waals surface area contributed by atoms with E-state index in [0.29, 0.717) is 12.1 Å². The molecule has 1 amide bonds. The van der Waals surface area contributed by atoms with Crippen LogP contribution in [0.1, 0.15) is 41.7 Å². The molecule has 0 aliphatic carbocycles. The molecule has 1 aromatic carbocycles. The maximum Gasteiger partial charge on any atom is 0.254 e. The fourth-order valence-corrected chi connectivity index (χ4v) is 4.35. The quantitative estimate of drug-likeness (QED) is 0.864. The standard InChI is InChI=1S/C20H26N4O/c1-15-11-14-24(21-15)17-9-7-16(8-10-17)20(25)23-13-4-6-19(23)18-5-3-12-22(18)2/h7-11,14,18-19H,3-6,12-13H2,1-2H3/t18-,19+/m1/s1. The Balaban J connectivity index is 1.52. The number of likely N-dealkylation sites (tertiary alicyclic amines) is 2. The fourth-order valence-electron chi connectivity index (χ4n) is 4.35. The number of hydrogen-bond acceptors (Lipinski definition) is 3. The summed E-state index contributed by atoms with van der Waals surface area (Å²) in [5.41, 5.74) is 2.75. The molecule has 1 aromatic heterocycles. The van der Waals surface area contributed by atoms with E-state index in [9.17, 15) is 4.79 Å². The molecule has 2 aromatic rings. The molecular weight excluding hydrogens is 312 g/mol. The number of rotatable bonds is 3. The second kappa shape index (κ2) is 6.64. The van der Waals surface area contributed by atoms with Crippen molar-refractivity contribution in [2.75, 3.05) is 20.1 Å². The van der Waals surface area contributed by atoms with Crippen LogP contribution in [0.15, 0.2) is 36.5 Å². The van der Waals surface area contributed by atoms with Crippen LogP contribution in [-0.4, -0.2) is 57.7 Å². The van der Waals surface area contributed by atoms with Crippen molar-refractivity contribution in [2.24, 2.45) is 0 Å². The van der Waals surface area contributed by atoms with Gasteiger partial charge in [-0.05, 0) is 76.5 Å². The Morgan fingerprint density at radius 1 is 1.04 bits per heavy atom. The van der Waals surface area contributed by atoms with Gasteiger partial charge in [0.25, 0.3) is 5.91 Å². The van der Waals surface area contributed by atoms with Gasteiger partial charge in [-0.25, -0.2) is 4.68 Å². The second-order valence-corrected chi connectivity index (χ2v) is 7.35. The van der Waals surface area contributed by atoms with E-state index < -0.39 is 0 Å². The lowest BCUT2D eigenvalue weighted by Crippen LogP contribution is -2.47. The number of carbonyl (C=O) groups is 1. The van der Waals surface area contributed by atoms with E-state index in [0.717, 1.165) is 42.9 Å². The molecule has 0 bridgehead atoms. The van der Waals surface area contributed by atoms with Crippen LogP contribution in [0, 0.1) is 6.92 Å². The monoisotopic (exact) mass is 338 g/mol. The van der Waals surface area contributed by atoms with E-state index in [1.807, 2.05) is 48.1 Å². The first-order valence-electron chi connectivity index (χ1n) is 9.27. The Morgan fingerprint density at radius 3 is 2.40 bits per heavy atom. The van der Waals surface area contributed by atoms with Crippen molar-refractivity contribution in [3.8, 4) is 5.69 Å². The van der Waals surface area contributed by atoms with Crippen molar-refractivity contribution in [3.05, 3.63) is 47.8 Å². The van der Waals surface area contributed by atoms with Crippen LogP contribution in [0.5, 0.6) is 0 Å². The van der Waals surface area contributed by atoms with Gasteiger partial charge < -0.3 is 9.80 Å². The lowest BCUT2D eigenvalue weighted by molar-refractivity contribution is 0.0664. The van der Waals surface area contributed by atoms with Crippen LogP contribution in [-0.2, 0) is 0 Å². The molecule has 0 saturated carbocycles. The number of hydrogen-bond donors (Lipinski definition) is 0. The zero-order valence-corrected chi connectivity index (χ0v) is 15.1. The fraction of sp³-hybridized carbons (Fsp3) is 0.500. The van der Waals surface area contributed by atoms with Gasteiger partial charge >= 0.3 is 0 Å². The topological polar surface area (TPSA) is 41.4 Å². The third-order valence-electron chi connectivity index (χ3n) is 5.68. The molecule has 25 heavy (non-hydrogen) atoms. The van der Waals surface area contributed by atoms with Gasteiger partial charge in [-0.1, -0.05) is 0 Å². The van der Waals surface area contributed by atoms with E-state index in [2.05, 4.69) is 21.9 Å². The molecule has 132 valence electrons. The molecule has 2 fully saturated rings. The van der Waals surface area contributed by atoms with E-state index >= 15 is 0 Å². The van der Waals surface area contributed by atoms with Crippen LogP contribution >= 0.6 is 0 Å². The Labute approximate surface area is 149 Å². The highest BCUT2D eigenvalue weighted by Crippen LogP contribution is 2.30. The molecule has 2 aliphatic heterocycles. The summed E-state index contributed by atoms with van der Waals surface area (Å²) in [6.07, 6.45) is 6.65. The molecule has 2 atom stereocenters. The molecule has 0 spiro atoms. The summed E-state index contributed by atoms with van der Waals surface area (Å²) >= 11 is 0. The number of likely N-dealkylation sites (N-methyl/N-ethyl adjacent to an activating group) is 1. The lowest BCUT2D eigenvalue weighted by Gasteiger charge is -2.33. The minimum atomic E-state index is 0.172. The molecule has 2 aliphatic rings. The van der Waals surface area contributed by atoms with Gasteiger partial charge in [0.2, 0.25) is 0 Å². The summed E-state index contributed by atoms with van der Waals surface area (Å²) in [4.78, 5) is 17.6. The predicted octanol–water partition coefficient (Wildman–Crippen LogP) is 2.88. The minimum Gasteiger partial charge on any atom is -0.334 e. The number of benzene rings is 1. The van der Waals surface area contributed by atoms with Crippen LogP contribution in [0.2, 0.25) is 0 Å². The van der Waals surface area contributed by atoms with Crippen LogP contribution in [0.3, 0.4) is 0 Å².